The van der Waals surface area contributed by atoms with Crippen molar-refractivity contribution in [3.8, 4) is 0 Å². The first-order valence-electron chi connectivity index (χ1n) is 11.7. The third kappa shape index (κ3) is 5.91. The van der Waals surface area contributed by atoms with E-state index in [1.165, 1.54) is 17.7 Å². The van der Waals surface area contributed by atoms with E-state index < -0.39 is 10.0 Å². The molecule has 0 aliphatic carbocycles. The Morgan fingerprint density at radius 3 is 2.67 bits per heavy atom. The quantitative estimate of drug-likeness (QED) is 0.335. The molecule has 2 aliphatic heterocycles. The van der Waals surface area contributed by atoms with E-state index in [9.17, 15) is 13.2 Å². The van der Waals surface area contributed by atoms with Crippen LogP contribution in [0.5, 0.6) is 0 Å². The Kier molecular flexibility index (Phi) is 8.01. The van der Waals surface area contributed by atoms with Gasteiger partial charge >= 0.3 is 0 Å². The fourth-order valence-electron chi connectivity index (χ4n) is 4.73. The number of anilines is 2. The molecule has 0 aromatic heterocycles. The molecule has 192 valence electrons. The van der Waals surface area contributed by atoms with E-state index in [1.54, 1.807) is 12.1 Å². The summed E-state index contributed by atoms with van der Waals surface area (Å²) in [4.78, 5) is 23.1. The molecule has 2 aliphatic rings. The maximum Gasteiger partial charge on any atom is 0.263 e. The molecule has 1 atom stereocenters. The lowest BCUT2D eigenvalue weighted by molar-refractivity contribution is -0.132. The normalized spacial score (nSPS) is 18.3. The summed E-state index contributed by atoms with van der Waals surface area (Å²) in [5.41, 5.74) is 8.31. The highest BCUT2D eigenvalue weighted by molar-refractivity contribution is 7.91. The number of sulfonamides is 1. The molecule has 0 spiro atoms. The number of nitrogens with one attached hydrogen (secondary N) is 1. The number of hydrogen-bond acceptors (Lipinski definition) is 6. The lowest BCUT2D eigenvalue weighted by Gasteiger charge is -2.42. The van der Waals surface area contributed by atoms with Crippen LogP contribution in [-0.2, 0) is 21.2 Å². The number of benzene rings is 2. The van der Waals surface area contributed by atoms with E-state index in [-0.39, 0.29) is 22.0 Å². The molecule has 3 N–H and O–H groups in total. The van der Waals surface area contributed by atoms with Gasteiger partial charge < -0.3 is 20.4 Å². The summed E-state index contributed by atoms with van der Waals surface area (Å²) in [6, 6.07) is 12.4. The van der Waals surface area contributed by atoms with Gasteiger partial charge in [0.25, 0.3) is 10.0 Å². The second-order valence-electron chi connectivity index (χ2n) is 8.86. The zero-order valence-corrected chi connectivity index (χ0v) is 22.3. The molecule has 1 amide bonds. The van der Waals surface area contributed by atoms with Crippen molar-refractivity contribution < 1.29 is 13.2 Å². The number of piperazine rings is 1. The van der Waals surface area contributed by atoms with Gasteiger partial charge in [0, 0.05) is 48.6 Å². The van der Waals surface area contributed by atoms with Gasteiger partial charge in [-0.1, -0.05) is 11.6 Å². The van der Waals surface area contributed by atoms with Gasteiger partial charge in [-0.25, -0.2) is 13.4 Å². The first kappa shape index (κ1) is 26.2. The maximum atomic E-state index is 13.2. The van der Waals surface area contributed by atoms with Crippen LogP contribution in [0.3, 0.4) is 0 Å². The molecule has 1 fully saturated rings. The number of aryl methyl sites for hydroxylation is 1. The molecule has 2 aromatic rings. The van der Waals surface area contributed by atoms with E-state index in [0.717, 1.165) is 42.1 Å². The van der Waals surface area contributed by atoms with Crippen molar-refractivity contribution >= 4 is 62.6 Å². The molecule has 0 saturated carbocycles. The number of carbonyl (C=O) groups is 1. The molecule has 12 heteroatoms. The molecule has 2 aromatic carbocycles. The highest BCUT2D eigenvalue weighted by atomic mass is 35.5. The van der Waals surface area contributed by atoms with Crippen LogP contribution in [0, 0.1) is 0 Å². The number of aliphatic imine (C=N–C) groups is 1. The second kappa shape index (κ2) is 11.0. The summed E-state index contributed by atoms with van der Waals surface area (Å²) in [6.07, 6.45) is 2.90. The Balaban J connectivity index is 1.37. The van der Waals surface area contributed by atoms with Crippen LogP contribution in [0.4, 0.5) is 11.4 Å². The van der Waals surface area contributed by atoms with E-state index in [0.29, 0.717) is 26.2 Å². The SMILES string of the molecule is C[C@@H]1CN(c2ccc(S(=O)(=O)NC(=S)N=CN)cc2)CCN1C(=O)CN1CCCc2cc(Cl)ccc21. The summed E-state index contributed by atoms with van der Waals surface area (Å²) in [5, 5.41) is 0.491. The third-order valence-corrected chi connectivity index (χ3v) is 8.38. The van der Waals surface area contributed by atoms with Crippen LogP contribution in [-0.4, -0.2) is 69.4 Å². The Labute approximate surface area is 222 Å². The Bertz CT molecular complexity index is 1270. The maximum absolute atomic E-state index is 13.2. The van der Waals surface area contributed by atoms with E-state index in [1.807, 2.05) is 30.0 Å². The second-order valence-corrected chi connectivity index (χ2v) is 11.4. The topological polar surface area (TPSA) is 111 Å². The molecule has 0 radical (unpaired) electrons. The lowest BCUT2D eigenvalue weighted by atomic mass is 10.0. The Morgan fingerprint density at radius 2 is 1.97 bits per heavy atom. The number of nitrogens with zero attached hydrogens (tertiary/aromatic N) is 4. The van der Waals surface area contributed by atoms with Crippen LogP contribution in [0.25, 0.3) is 0 Å². The van der Waals surface area contributed by atoms with Gasteiger partial charge in [-0.2, -0.15) is 0 Å². The number of halogens is 1. The summed E-state index contributed by atoms with van der Waals surface area (Å²) in [5.74, 6) is 0.105. The Morgan fingerprint density at radius 1 is 1.22 bits per heavy atom. The molecule has 2 heterocycles. The summed E-state index contributed by atoms with van der Waals surface area (Å²) >= 11 is 11.0. The van der Waals surface area contributed by atoms with Crippen molar-refractivity contribution in [2.75, 3.05) is 42.5 Å². The smallest absolute Gasteiger partial charge is 0.263 e. The van der Waals surface area contributed by atoms with E-state index in [4.69, 9.17) is 29.6 Å². The average molecular weight is 549 g/mol. The summed E-state index contributed by atoms with van der Waals surface area (Å²) < 4.78 is 27.1. The summed E-state index contributed by atoms with van der Waals surface area (Å²) in [7, 11) is -3.84. The number of hydrogen-bond donors (Lipinski definition) is 2. The van der Waals surface area contributed by atoms with Gasteiger partial charge in [-0.3, -0.25) is 9.52 Å². The standard InChI is InChI=1S/C24H29ClN6O3S2/c1-17-14-29(20-5-7-21(8-6-20)36(33,34)28-24(35)27-16-26)11-12-31(17)23(32)15-30-10-2-3-18-13-19(25)4-9-22(18)30/h4-9,13,16-17H,2-3,10-12,14-15H2,1H3,(H3,26,27,28,35)/t17-/m1/s1. The molecular weight excluding hydrogens is 520 g/mol. The predicted molar refractivity (Wildman–Crippen MR) is 147 cm³/mol. The van der Waals surface area contributed by atoms with Gasteiger partial charge in [0.15, 0.2) is 0 Å². The van der Waals surface area contributed by atoms with Crippen molar-refractivity contribution in [1.29, 1.82) is 0 Å². The molecule has 9 nitrogen and oxygen atoms in total. The molecule has 0 unspecified atom stereocenters. The highest BCUT2D eigenvalue weighted by Crippen LogP contribution is 2.30. The molecule has 1 saturated heterocycles. The first-order valence-corrected chi connectivity index (χ1v) is 13.9. The minimum absolute atomic E-state index is 0.0114. The highest BCUT2D eigenvalue weighted by Gasteiger charge is 2.30. The lowest BCUT2D eigenvalue weighted by Crippen LogP contribution is -2.56. The van der Waals surface area contributed by atoms with Gasteiger partial charge in [0.2, 0.25) is 11.0 Å². The molecular formula is C24H29ClN6O3S2. The molecule has 4 rings (SSSR count). The monoisotopic (exact) mass is 548 g/mol. The first-order chi connectivity index (χ1) is 17.2. The molecule has 0 bridgehead atoms. The van der Waals surface area contributed by atoms with Crippen LogP contribution < -0.4 is 20.3 Å². The minimum atomic E-state index is -3.84. The van der Waals surface area contributed by atoms with Crippen LogP contribution in [0.15, 0.2) is 52.4 Å². The van der Waals surface area contributed by atoms with Gasteiger partial charge in [0.1, 0.15) is 0 Å². The zero-order chi connectivity index (χ0) is 25.9. The van der Waals surface area contributed by atoms with Crippen molar-refractivity contribution in [1.82, 2.24) is 9.62 Å². The van der Waals surface area contributed by atoms with E-state index >= 15 is 0 Å². The summed E-state index contributed by atoms with van der Waals surface area (Å²) in [6.45, 7) is 5.13. The number of fused-ring (bicyclic) bond motifs is 1. The third-order valence-electron chi connectivity index (χ3n) is 6.46. The fourth-order valence-corrected chi connectivity index (χ4v) is 6.21. The largest absolute Gasteiger partial charge is 0.390 e. The van der Waals surface area contributed by atoms with Crippen molar-refractivity contribution in [2.45, 2.75) is 30.7 Å². The van der Waals surface area contributed by atoms with Crippen molar-refractivity contribution in [2.24, 2.45) is 10.7 Å². The fraction of sp³-hybridized carbons (Fsp3) is 0.375. The van der Waals surface area contributed by atoms with Crippen LogP contribution >= 0.6 is 23.8 Å². The zero-order valence-electron chi connectivity index (χ0n) is 19.9. The van der Waals surface area contributed by atoms with Gasteiger partial charge in [-0.15, -0.1) is 0 Å². The van der Waals surface area contributed by atoms with Gasteiger partial charge in [0.05, 0.1) is 17.8 Å². The number of nitrogens with two attached hydrogens (primary N) is 1. The van der Waals surface area contributed by atoms with Gasteiger partial charge in [-0.05, 0) is 80.0 Å². The average Bonchev–Trinajstić information content (AvgIpc) is 2.83. The predicted octanol–water partition coefficient (Wildman–Crippen LogP) is 2.38. The Hall–Kier alpha value is -2.89. The minimum Gasteiger partial charge on any atom is -0.390 e. The van der Waals surface area contributed by atoms with Crippen molar-refractivity contribution in [3.05, 3.63) is 53.1 Å². The van der Waals surface area contributed by atoms with Crippen LogP contribution in [0.1, 0.15) is 18.9 Å². The molecule has 36 heavy (non-hydrogen) atoms. The van der Waals surface area contributed by atoms with Crippen LogP contribution in [0.2, 0.25) is 5.02 Å². The number of carbonyl (C=O) groups excluding carboxylic acids is 1. The number of amides is 1. The number of thiocarbonyl (C=S) groups is 1. The van der Waals surface area contributed by atoms with E-state index in [2.05, 4.69) is 19.5 Å². The van der Waals surface area contributed by atoms with Crippen molar-refractivity contribution in [3.63, 3.8) is 0 Å². The number of rotatable bonds is 5.